The highest BCUT2D eigenvalue weighted by atomic mass is 32.1. The van der Waals surface area contributed by atoms with Gasteiger partial charge in [-0.05, 0) is 70.6 Å². The Balaban J connectivity index is 1.79. The lowest BCUT2D eigenvalue weighted by atomic mass is 9.96. The van der Waals surface area contributed by atoms with Crippen LogP contribution in [0.4, 0.5) is 0 Å². The third kappa shape index (κ3) is 4.57. The van der Waals surface area contributed by atoms with Gasteiger partial charge in [-0.3, -0.25) is 0 Å². The molecule has 3 heteroatoms. The maximum atomic E-state index is 3.84. The largest absolute Gasteiger partial charge is 0.309 e. The highest BCUT2D eigenvalue weighted by molar-refractivity contribution is 7.10. The lowest BCUT2D eigenvalue weighted by molar-refractivity contribution is 0.264. The van der Waals surface area contributed by atoms with Crippen LogP contribution in [-0.2, 0) is 0 Å². The molecule has 20 heavy (non-hydrogen) atoms. The summed E-state index contributed by atoms with van der Waals surface area (Å²) in [6, 6.07) is 5.75. The summed E-state index contributed by atoms with van der Waals surface area (Å²) < 4.78 is 0. The monoisotopic (exact) mass is 294 g/mol. The smallest absolute Gasteiger partial charge is 0.0443 e. The highest BCUT2D eigenvalue weighted by Crippen LogP contribution is 2.37. The molecule has 0 aromatic carbocycles. The fraction of sp³-hybridized carbons (Fsp3) is 0.765. The highest BCUT2D eigenvalue weighted by Gasteiger charge is 2.26. The third-order valence-corrected chi connectivity index (χ3v) is 5.61. The number of nitrogens with one attached hydrogen (secondary N) is 1. The second-order valence-electron chi connectivity index (χ2n) is 6.42. The molecule has 1 saturated carbocycles. The van der Waals surface area contributed by atoms with Crippen LogP contribution < -0.4 is 5.32 Å². The Morgan fingerprint density at radius 2 is 2.10 bits per heavy atom. The lowest BCUT2D eigenvalue weighted by Gasteiger charge is -2.25. The minimum absolute atomic E-state index is 0.599. The molecule has 1 aromatic heterocycles. The zero-order chi connectivity index (χ0) is 14.4. The molecule has 0 aliphatic heterocycles. The molecule has 1 aliphatic carbocycles. The van der Waals surface area contributed by atoms with E-state index >= 15 is 0 Å². The van der Waals surface area contributed by atoms with Gasteiger partial charge >= 0.3 is 0 Å². The Morgan fingerprint density at radius 3 is 2.70 bits per heavy atom. The Morgan fingerprint density at radius 1 is 1.35 bits per heavy atom. The van der Waals surface area contributed by atoms with Gasteiger partial charge in [0.15, 0.2) is 0 Å². The minimum atomic E-state index is 0.599. The standard InChI is InChI=1S/C17H30N2S/c1-14(2)19(3)12-7-11-18-17(15-8-4-5-9-15)16-10-6-13-20-16/h6,10,13-15,17-18H,4-5,7-9,11-12H2,1-3H3. The molecule has 1 N–H and O–H groups in total. The molecule has 1 aromatic rings. The Labute approximate surface area is 128 Å². The fourth-order valence-electron chi connectivity index (χ4n) is 3.10. The van der Waals surface area contributed by atoms with Crippen molar-refractivity contribution in [2.24, 2.45) is 5.92 Å². The Kier molecular flexibility index (Phi) is 6.53. The molecule has 1 heterocycles. The van der Waals surface area contributed by atoms with E-state index in [1.807, 2.05) is 11.3 Å². The van der Waals surface area contributed by atoms with Crippen LogP contribution in [0.5, 0.6) is 0 Å². The van der Waals surface area contributed by atoms with Crippen LogP contribution in [0.15, 0.2) is 17.5 Å². The molecule has 2 rings (SSSR count). The molecule has 1 atom stereocenters. The van der Waals surface area contributed by atoms with E-state index in [9.17, 15) is 0 Å². The first-order chi connectivity index (χ1) is 9.68. The van der Waals surface area contributed by atoms with Crippen molar-refractivity contribution in [1.82, 2.24) is 10.2 Å². The average molecular weight is 295 g/mol. The molecule has 114 valence electrons. The number of thiophene rings is 1. The van der Waals surface area contributed by atoms with E-state index in [0.29, 0.717) is 12.1 Å². The molecule has 1 unspecified atom stereocenters. The quantitative estimate of drug-likeness (QED) is 0.719. The predicted octanol–water partition coefficient (Wildman–Crippen LogP) is 4.30. The third-order valence-electron chi connectivity index (χ3n) is 4.65. The zero-order valence-electron chi connectivity index (χ0n) is 13.3. The molecule has 0 radical (unpaired) electrons. The van der Waals surface area contributed by atoms with Gasteiger partial charge in [0.05, 0.1) is 0 Å². The fourth-order valence-corrected chi connectivity index (χ4v) is 4.00. The second-order valence-corrected chi connectivity index (χ2v) is 7.40. The zero-order valence-corrected chi connectivity index (χ0v) is 14.1. The summed E-state index contributed by atoms with van der Waals surface area (Å²) in [7, 11) is 2.22. The number of nitrogens with zero attached hydrogens (tertiary/aromatic N) is 1. The van der Waals surface area contributed by atoms with Gasteiger partial charge in [0.25, 0.3) is 0 Å². The van der Waals surface area contributed by atoms with Crippen molar-refractivity contribution in [3.8, 4) is 0 Å². The van der Waals surface area contributed by atoms with Crippen LogP contribution in [0, 0.1) is 5.92 Å². The van der Waals surface area contributed by atoms with Gasteiger partial charge in [0.2, 0.25) is 0 Å². The number of hydrogen-bond acceptors (Lipinski definition) is 3. The summed E-state index contributed by atoms with van der Waals surface area (Å²) in [6.07, 6.45) is 6.89. The van der Waals surface area contributed by atoms with Crippen molar-refractivity contribution in [3.05, 3.63) is 22.4 Å². The molecule has 0 amide bonds. The molecular weight excluding hydrogens is 264 g/mol. The first-order valence-corrected chi connectivity index (χ1v) is 9.03. The second kappa shape index (κ2) is 8.16. The summed E-state index contributed by atoms with van der Waals surface area (Å²) in [5.74, 6) is 0.858. The topological polar surface area (TPSA) is 15.3 Å². The van der Waals surface area contributed by atoms with Crippen molar-refractivity contribution in [3.63, 3.8) is 0 Å². The van der Waals surface area contributed by atoms with Crippen LogP contribution >= 0.6 is 11.3 Å². The summed E-state index contributed by atoms with van der Waals surface area (Å²) in [4.78, 5) is 3.96. The molecule has 2 nitrogen and oxygen atoms in total. The maximum Gasteiger partial charge on any atom is 0.0443 e. The van der Waals surface area contributed by atoms with Gasteiger partial charge in [-0.25, -0.2) is 0 Å². The van der Waals surface area contributed by atoms with Gasteiger partial charge in [-0.2, -0.15) is 0 Å². The summed E-state index contributed by atoms with van der Waals surface area (Å²) in [6.45, 7) is 6.85. The van der Waals surface area contributed by atoms with Crippen molar-refractivity contribution >= 4 is 11.3 Å². The predicted molar refractivity (Wildman–Crippen MR) is 89.4 cm³/mol. The van der Waals surface area contributed by atoms with Crippen molar-refractivity contribution in [2.75, 3.05) is 20.1 Å². The first-order valence-electron chi connectivity index (χ1n) is 8.15. The summed E-state index contributed by atoms with van der Waals surface area (Å²) in [5, 5.41) is 6.06. The first kappa shape index (κ1) is 16.0. The van der Waals surface area contributed by atoms with Crippen molar-refractivity contribution < 1.29 is 0 Å². The summed E-state index contributed by atoms with van der Waals surface area (Å²) >= 11 is 1.91. The van der Waals surface area contributed by atoms with E-state index < -0.39 is 0 Å². The van der Waals surface area contributed by atoms with E-state index in [0.717, 1.165) is 12.5 Å². The van der Waals surface area contributed by atoms with E-state index in [2.05, 4.69) is 48.6 Å². The maximum absolute atomic E-state index is 3.84. The van der Waals surface area contributed by atoms with Gasteiger partial charge in [0, 0.05) is 17.0 Å². The summed E-state index contributed by atoms with van der Waals surface area (Å²) in [5.41, 5.74) is 0. The van der Waals surface area contributed by atoms with Crippen LogP contribution in [-0.4, -0.2) is 31.1 Å². The Bertz CT molecular complexity index is 355. The van der Waals surface area contributed by atoms with Gasteiger partial charge in [-0.15, -0.1) is 11.3 Å². The van der Waals surface area contributed by atoms with Gasteiger partial charge in [-0.1, -0.05) is 18.9 Å². The van der Waals surface area contributed by atoms with Crippen molar-refractivity contribution in [1.29, 1.82) is 0 Å². The number of hydrogen-bond donors (Lipinski definition) is 1. The Hall–Kier alpha value is -0.380. The van der Waals surface area contributed by atoms with Crippen LogP contribution in [0.2, 0.25) is 0 Å². The van der Waals surface area contributed by atoms with E-state index in [-0.39, 0.29) is 0 Å². The molecule has 0 saturated heterocycles. The van der Waals surface area contributed by atoms with E-state index in [4.69, 9.17) is 0 Å². The molecule has 1 aliphatic rings. The molecule has 0 spiro atoms. The van der Waals surface area contributed by atoms with Crippen LogP contribution in [0.1, 0.15) is 56.9 Å². The molecule has 0 bridgehead atoms. The average Bonchev–Trinajstić information content (AvgIpc) is 3.11. The number of rotatable bonds is 8. The van der Waals surface area contributed by atoms with Crippen molar-refractivity contribution in [2.45, 2.75) is 58.0 Å². The normalized spacial score (nSPS) is 18.2. The van der Waals surface area contributed by atoms with E-state index in [1.165, 1.54) is 43.5 Å². The van der Waals surface area contributed by atoms with E-state index in [1.54, 1.807) is 0 Å². The van der Waals surface area contributed by atoms with Crippen LogP contribution in [0.3, 0.4) is 0 Å². The van der Waals surface area contributed by atoms with Gasteiger partial charge in [0.1, 0.15) is 0 Å². The lowest BCUT2D eigenvalue weighted by Crippen LogP contribution is -2.32. The molecule has 1 fully saturated rings. The minimum Gasteiger partial charge on any atom is -0.309 e. The van der Waals surface area contributed by atoms with Gasteiger partial charge < -0.3 is 10.2 Å². The van der Waals surface area contributed by atoms with Crippen LogP contribution in [0.25, 0.3) is 0 Å². The molecular formula is C17H30N2S. The SMILES string of the molecule is CC(C)N(C)CCCNC(c1cccs1)C1CCCC1.